The number of hydrogen-bond donors (Lipinski definition) is 2. The van der Waals surface area contributed by atoms with Crippen molar-refractivity contribution in [3.05, 3.63) is 59.6 Å². The van der Waals surface area contributed by atoms with Crippen LogP contribution in [0.15, 0.2) is 47.1 Å². The second-order valence-corrected chi connectivity index (χ2v) is 5.24. The lowest BCUT2D eigenvalue weighted by atomic mass is 10.1. The zero-order valence-corrected chi connectivity index (χ0v) is 13.1. The van der Waals surface area contributed by atoms with Crippen molar-refractivity contribution >= 4 is 11.7 Å². The molecule has 1 amide bonds. The Morgan fingerprint density at radius 1 is 1.19 bits per heavy atom. The second kappa shape index (κ2) is 6.82. The van der Waals surface area contributed by atoms with Crippen LogP contribution >= 0.6 is 0 Å². The normalized spacial score (nSPS) is 11.3. The van der Waals surface area contributed by atoms with Crippen LogP contribution in [0.1, 0.15) is 21.8 Å². The van der Waals surface area contributed by atoms with Crippen molar-refractivity contribution in [1.29, 1.82) is 0 Å². The first kappa shape index (κ1) is 17.4. The maximum absolute atomic E-state index is 12.5. The Morgan fingerprint density at radius 3 is 2.54 bits per heavy atom. The van der Waals surface area contributed by atoms with E-state index in [0.717, 1.165) is 5.56 Å². The standard InChI is InChI=1S/C16H12F3N5O2/c17-16(18,19)15-23-13(24-26-15)10-5-3-9(4-6-10)8-22-14(25)11-2-1-7-21-12(11)20/h1-7H,8H2,(H2,20,21)(H,22,25). The van der Waals surface area contributed by atoms with Gasteiger partial charge in [-0.2, -0.15) is 18.2 Å². The quantitative estimate of drug-likeness (QED) is 0.738. The molecule has 0 atom stereocenters. The van der Waals surface area contributed by atoms with Gasteiger partial charge in [0.05, 0.1) is 5.56 Å². The van der Waals surface area contributed by atoms with Gasteiger partial charge in [-0.05, 0) is 17.7 Å². The van der Waals surface area contributed by atoms with Gasteiger partial charge in [-0.3, -0.25) is 4.79 Å². The summed E-state index contributed by atoms with van der Waals surface area (Å²) in [6.45, 7) is 0.202. The molecule has 134 valence electrons. The average Bonchev–Trinajstić information content (AvgIpc) is 3.11. The minimum atomic E-state index is -4.69. The van der Waals surface area contributed by atoms with Crippen molar-refractivity contribution in [2.45, 2.75) is 12.7 Å². The van der Waals surface area contributed by atoms with E-state index in [-0.39, 0.29) is 29.7 Å². The molecule has 0 aliphatic heterocycles. The van der Waals surface area contributed by atoms with Crippen LogP contribution in [0.5, 0.6) is 0 Å². The zero-order chi connectivity index (χ0) is 18.7. The molecule has 0 radical (unpaired) electrons. The fourth-order valence-electron chi connectivity index (χ4n) is 2.11. The summed E-state index contributed by atoms with van der Waals surface area (Å²) in [6, 6.07) is 9.48. The van der Waals surface area contributed by atoms with Crippen LogP contribution in [0, 0.1) is 0 Å². The fourth-order valence-corrected chi connectivity index (χ4v) is 2.11. The van der Waals surface area contributed by atoms with Gasteiger partial charge in [0, 0.05) is 18.3 Å². The van der Waals surface area contributed by atoms with Gasteiger partial charge in [0.15, 0.2) is 0 Å². The number of aromatic nitrogens is 3. The minimum absolute atomic E-state index is 0.123. The number of benzene rings is 1. The van der Waals surface area contributed by atoms with Crippen LogP contribution in [0.4, 0.5) is 19.0 Å². The first-order valence-electron chi connectivity index (χ1n) is 7.33. The van der Waals surface area contributed by atoms with Gasteiger partial charge in [-0.1, -0.05) is 29.4 Å². The number of alkyl halides is 3. The summed E-state index contributed by atoms with van der Waals surface area (Å²) in [6.07, 6.45) is -3.21. The average molecular weight is 363 g/mol. The number of anilines is 1. The second-order valence-electron chi connectivity index (χ2n) is 5.24. The molecule has 0 aliphatic rings. The molecule has 0 fully saturated rings. The number of amides is 1. The highest BCUT2D eigenvalue weighted by molar-refractivity contribution is 5.98. The molecule has 2 aromatic heterocycles. The highest BCUT2D eigenvalue weighted by atomic mass is 19.4. The number of nitrogens with one attached hydrogen (secondary N) is 1. The van der Waals surface area contributed by atoms with Crippen molar-refractivity contribution < 1.29 is 22.5 Å². The molecule has 3 N–H and O–H groups in total. The molecule has 3 rings (SSSR count). The van der Waals surface area contributed by atoms with Gasteiger partial charge in [0.2, 0.25) is 5.82 Å². The third-order valence-electron chi connectivity index (χ3n) is 3.42. The van der Waals surface area contributed by atoms with Gasteiger partial charge < -0.3 is 15.6 Å². The molecule has 0 unspecified atom stereocenters. The molecule has 26 heavy (non-hydrogen) atoms. The van der Waals surface area contributed by atoms with Crippen molar-refractivity contribution in [3.8, 4) is 11.4 Å². The summed E-state index contributed by atoms with van der Waals surface area (Å²) in [5.74, 6) is -1.83. The number of pyridine rings is 1. The predicted octanol–water partition coefficient (Wildman–Crippen LogP) is 2.66. The highest BCUT2D eigenvalue weighted by Crippen LogP contribution is 2.29. The summed E-state index contributed by atoms with van der Waals surface area (Å²) in [7, 11) is 0. The number of hydrogen-bond acceptors (Lipinski definition) is 6. The summed E-state index contributed by atoms with van der Waals surface area (Å²) in [5.41, 5.74) is 6.98. The van der Waals surface area contributed by atoms with E-state index in [2.05, 4.69) is 25.0 Å². The smallest absolute Gasteiger partial charge is 0.383 e. The van der Waals surface area contributed by atoms with Gasteiger partial charge in [0.25, 0.3) is 5.91 Å². The number of rotatable bonds is 4. The first-order valence-corrected chi connectivity index (χ1v) is 7.33. The molecule has 0 spiro atoms. The third-order valence-corrected chi connectivity index (χ3v) is 3.42. The lowest BCUT2D eigenvalue weighted by Crippen LogP contribution is -2.24. The van der Waals surface area contributed by atoms with E-state index in [9.17, 15) is 18.0 Å². The first-order chi connectivity index (χ1) is 12.3. The molecular weight excluding hydrogens is 351 g/mol. The lowest BCUT2D eigenvalue weighted by molar-refractivity contribution is -0.159. The number of carbonyl (C=O) groups excluding carboxylic acids is 1. The Hall–Kier alpha value is -3.43. The highest BCUT2D eigenvalue weighted by Gasteiger charge is 2.38. The largest absolute Gasteiger partial charge is 0.471 e. The Morgan fingerprint density at radius 2 is 1.92 bits per heavy atom. The number of nitrogens with two attached hydrogens (primary N) is 1. The third kappa shape index (κ3) is 3.79. The summed E-state index contributed by atoms with van der Waals surface area (Å²) >= 11 is 0. The zero-order valence-electron chi connectivity index (χ0n) is 13.1. The molecule has 0 bridgehead atoms. The molecule has 7 nitrogen and oxygen atoms in total. The molecule has 10 heteroatoms. The molecule has 2 heterocycles. The predicted molar refractivity (Wildman–Crippen MR) is 84.6 cm³/mol. The van der Waals surface area contributed by atoms with Crippen LogP contribution < -0.4 is 11.1 Å². The van der Waals surface area contributed by atoms with E-state index in [0.29, 0.717) is 5.56 Å². The van der Waals surface area contributed by atoms with Crippen molar-refractivity contribution in [1.82, 2.24) is 20.4 Å². The monoisotopic (exact) mass is 363 g/mol. The van der Waals surface area contributed by atoms with Gasteiger partial charge in [0.1, 0.15) is 5.82 Å². The van der Waals surface area contributed by atoms with E-state index in [1.807, 2.05) is 0 Å². The molecule has 0 saturated carbocycles. The van der Waals surface area contributed by atoms with Crippen LogP contribution in [0.25, 0.3) is 11.4 Å². The van der Waals surface area contributed by atoms with Gasteiger partial charge in [-0.15, -0.1) is 0 Å². The van der Waals surface area contributed by atoms with E-state index in [4.69, 9.17) is 5.73 Å². The molecule has 0 aliphatic carbocycles. The van der Waals surface area contributed by atoms with Gasteiger partial charge in [-0.25, -0.2) is 4.98 Å². The van der Waals surface area contributed by atoms with Crippen molar-refractivity contribution in [2.75, 3.05) is 5.73 Å². The number of nitrogens with zero attached hydrogens (tertiary/aromatic N) is 3. The van der Waals surface area contributed by atoms with Crippen LogP contribution in [-0.2, 0) is 12.7 Å². The summed E-state index contributed by atoms with van der Waals surface area (Å²) in [5, 5.41) is 5.99. The number of halogens is 3. The molecule has 0 saturated heterocycles. The van der Waals surface area contributed by atoms with E-state index < -0.39 is 12.1 Å². The molecular formula is C16H12F3N5O2. The van der Waals surface area contributed by atoms with Crippen LogP contribution in [0.2, 0.25) is 0 Å². The SMILES string of the molecule is Nc1ncccc1C(=O)NCc1ccc(-c2noc(C(F)(F)F)n2)cc1. The molecule has 3 aromatic rings. The Labute approximate surface area is 145 Å². The van der Waals surface area contributed by atoms with E-state index >= 15 is 0 Å². The van der Waals surface area contributed by atoms with Crippen LogP contribution in [0.3, 0.4) is 0 Å². The number of carbonyl (C=O) groups is 1. The topological polar surface area (TPSA) is 107 Å². The minimum Gasteiger partial charge on any atom is -0.383 e. The maximum atomic E-state index is 12.5. The van der Waals surface area contributed by atoms with E-state index in [1.54, 1.807) is 24.3 Å². The van der Waals surface area contributed by atoms with Gasteiger partial charge >= 0.3 is 12.1 Å². The Kier molecular flexibility index (Phi) is 4.57. The Balaban J connectivity index is 1.66. The summed E-state index contributed by atoms with van der Waals surface area (Å²) < 4.78 is 41.6. The van der Waals surface area contributed by atoms with Crippen LogP contribution in [-0.4, -0.2) is 21.0 Å². The lowest BCUT2D eigenvalue weighted by Gasteiger charge is -2.07. The van der Waals surface area contributed by atoms with E-state index in [1.165, 1.54) is 18.3 Å². The fraction of sp³-hybridized carbons (Fsp3) is 0.125. The number of nitrogen functional groups attached to an aromatic ring is 1. The van der Waals surface area contributed by atoms with Crippen molar-refractivity contribution in [3.63, 3.8) is 0 Å². The Bertz CT molecular complexity index is 922. The summed E-state index contributed by atoms with van der Waals surface area (Å²) in [4.78, 5) is 19.2. The van der Waals surface area contributed by atoms with Crippen molar-refractivity contribution in [2.24, 2.45) is 0 Å². The molecule has 1 aromatic carbocycles. The maximum Gasteiger partial charge on any atom is 0.471 e.